The first-order valence-electron chi connectivity index (χ1n) is 7.91. The third-order valence-corrected chi connectivity index (χ3v) is 3.90. The summed E-state index contributed by atoms with van der Waals surface area (Å²) in [6.07, 6.45) is 0. The number of ether oxygens (including phenoxy) is 2. The van der Waals surface area contributed by atoms with Crippen molar-refractivity contribution >= 4 is 46.4 Å². The number of para-hydroxylation sites is 2. The molecule has 0 saturated carbocycles. The van der Waals surface area contributed by atoms with E-state index < -0.39 is 22.4 Å². The zero-order valence-corrected chi connectivity index (χ0v) is 16.5. The molecule has 0 radical (unpaired) electrons. The predicted molar refractivity (Wildman–Crippen MR) is 108 cm³/mol. The smallest absolute Gasteiger partial charge is 0.288 e. The zero-order valence-electron chi connectivity index (χ0n) is 14.9. The number of nitro benzene ring substituents is 1. The molecule has 152 valence electrons. The summed E-state index contributed by atoms with van der Waals surface area (Å²) in [6.45, 7) is -0.348. The van der Waals surface area contributed by atoms with Gasteiger partial charge in [-0.05, 0) is 36.5 Å². The standard InChI is InChI=1S/C17H15ClN4O6S/c1-27-13-4-2-3-5-14(13)28-9-15(23)19-17(29)21-20-16(24)10-6-7-11(18)12(8-10)22(25)26/h2-8H,9H2,1H3,(H,20,24)(H2,19,21,23,29). The van der Waals surface area contributed by atoms with E-state index in [9.17, 15) is 19.7 Å². The van der Waals surface area contributed by atoms with Crippen LogP contribution in [0.25, 0.3) is 0 Å². The SMILES string of the molecule is COc1ccccc1OCC(=O)NC(=S)NNC(=O)c1ccc(Cl)c([N+](=O)[O-])c1. The van der Waals surface area contributed by atoms with Gasteiger partial charge in [-0.1, -0.05) is 23.7 Å². The van der Waals surface area contributed by atoms with Gasteiger partial charge in [-0.3, -0.25) is 35.9 Å². The molecule has 0 unspecified atom stereocenters. The first kappa shape index (κ1) is 21.9. The molecule has 0 bridgehead atoms. The minimum Gasteiger partial charge on any atom is -0.493 e. The highest BCUT2D eigenvalue weighted by atomic mass is 35.5. The molecule has 3 N–H and O–H groups in total. The molecule has 12 heteroatoms. The normalized spacial score (nSPS) is 9.86. The fourth-order valence-corrected chi connectivity index (χ4v) is 2.41. The van der Waals surface area contributed by atoms with Crippen LogP contribution in [0.2, 0.25) is 5.02 Å². The van der Waals surface area contributed by atoms with Crippen LogP contribution in [-0.2, 0) is 4.79 Å². The number of nitrogens with zero attached hydrogens (tertiary/aromatic N) is 1. The van der Waals surface area contributed by atoms with Crippen LogP contribution in [0.15, 0.2) is 42.5 Å². The van der Waals surface area contributed by atoms with Gasteiger partial charge in [0.15, 0.2) is 23.2 Å². The molecule has 0 aliphatic carbocycles. The van der Waals surface area contributed by atoms with Crippen molar-refractivity contribution in [3.63, 3.8) is 0 Å². The van der Waals surface area contributed by atoms with E-state index in [1.807, 2.05) is 0 Å². The molecule has 10 nitrogen and oxygen atoms in total. The summed E-state index contributed by atoms with van der Waals surface area (Å²) in [5, 5.41) is 12.9. The van der Waals surface area contributed by atoms with Gasteiger partial charge >= 0.3 is 0 Å². The lowest BCUT2D eigenvalue weighted by atomic mass is 10.2. The summed E-state index contributed by atoms with van der Waals surface area (Å²) in [5.74, 6) is -0.455. The molecule has 0 aliphatic heterocycles. The molecule has 2 rings (SSSR count). The summed E-state index contributed by atoms with van der Waals surface area (Å²) in [7, 11) is 1.47. The number of hydrazine groups is 1. The Bertz CT molecular complexity index is 955. The molecule has 2 amide bonds. The lowest BCUT2D eigenvalue weighted by Gasteiger charge is -2.12. The first-order chi connectivity index (χ1) is 13.8. The van der Waals surface area contributed by atoms with Gasteiger partial charge in [0.05, 0.1) is 12.0 Å². The topological polar surface area (TPSA) is 132 Å². The summed E-state index contributed by atoms with van der Waals surface area (Å²) >= 11 is 10.6. The van der Waals surface area contributed by atoms with E-state index >= 15 is 0 Å². The molecule has 0 heterocycles. The Labute approximate surface area is 175 Å². The first-order valence-corrected chi connectivity index (χ1v) is 8.70. The van der Waals surface area contributed by atoms with E-state index in [1.54, 1.807) is 24.3 Å². The molecule has 0 saturated heterocycles. The van der Waals surface area contributed by atoms with Gasteiger partial charge in [0.2, 0.25) is 0 Å². The molecule has 2 aromatic rings. The second-order valence-electron chi connectivity index (χ2n) is 5.32. The molecule has 0 aliphatic rings. The van der Waals surface area contributed by atoms with E-state index in [0.717, 1.165) is 6.07 Å². The van der Waals surface area contributed by atoms with E-state index in [0.29, 0.717) is 11.5 Å². The third kappa shape index (κ3) is 6.30. The van der Waals surface area contributed by atoms with Crippen LogP contribution in [0.3, 0.4) is 0 Å². The number of hydrogen-bond donors (Lipinski definition) is 3. The van der Waals surface area contributed by atoms with Gasteiger partial charge in [-0.15, -0.1) is 0 Å². The maximum Gasteiger partial charge on any atom is 0.288 e. The van der Waals surface area contributed by atoms with Crippen LogP contribution in [0, 0.1) is 10.1 Å². The molecule has 0 spiro atoms. The quantitative estimate of drug-likeness (QED) is 0.354. The summed E-state index contributed by atoms with van der Waals surface area (Å²) in [6, 6.07) is 10.3. The molecular formula is C17H15ClN4O6S. The van der Waals surface area contributed by atoms with E-state index in [4.69, 9.17) is 33.3 Å². The monoisotopic (exact) mass is 438 g/mol. The number of methoxy groups -OCH3 is 1. The van der Waals surface area contributed by atoms with Crippen molar-refractivity contribution in [3.05, 3.63) is 63.2 Å². The number of nitro groups is 1. The number of carbonyl (C=O) groups excluding carboxylic acids is 2. The summed E-state index contributed by atoms with van der Waals surface area (Å²) < 4.78 is 10.4. The Morgan fingerprint density at radius 3 is 2.52 bits per heavy atom. The Morgan fingerprint density at radius 2 is 1.86 bits per heavy atom. The Kier molecular flexibility index (Phi) is 7.69. The highest BCUT2D eigenvalue weighted by molar-refractivity contribution is 7.80. The van der Waals surface area contributed by atoms with Crippen LogP contribution >= 0.6 is 23.8 Å². The number of amides is 2. The fourth-order valence-electron chi connectivity index (χ4n) is 2.05. The third-order valence-electron chi connectivity index (χ3n) is 3.38. The maximum atomic E-state index is 12.1. The van der Waals surface area contributed by atoms with Crippen molar-refractivity contribution in [3.8, 4) is 11.5 Å². The summed E-state index contributed by atoms with van der Waals surface area (Å²) in [5.41, 5.74) is 4.08. The lowest BCUT2D eigenvalue weighted by Crippen LogP contribution is -2.49. The molecule has 0 aromatic heterocycles. The minimum absolute atomic E-state index is 0.0257. The maximum absolute atomic E-state index is 12.1. The van der Waals surface area contributed by atoms with Crippen molar-refractivity contribution in [2.24, 2.45) is 0 Å². The van der Waals surface area contributed by atoms with E-state index in [-0.39, 0.29) is 22.3 Å². The van der Waals surface area contributed by atoms with Gasteiger partial charge in [-0.2, -0.15) is 0 Å². The van der Waals surface area contributed by atoms with Crippen LogP contribution in [0.4, 0.5) is 5.69 Å². The molecule has 0 atom stereocenters. The molecule has 29 heavy (non-hydrogen) atoms. The van der Waals surface area contributed by atoms with Crippen molar-refractivity contribution in [1.82, 2.24) is 16.2 Å². The number of thiocarbonyl (C=S) groups is 1. The number of rotatable bonds is 6. The molecule has 2 aromatic carbocycles. The van der Waals surface area contributed by atoms with Gasteiger partial charge in [0.1, 0.15) is 5.02 Å². The number of nitrogens with one attached hydrogen (secondary N) is 3. The van der Waals surface area contributed by atoms with Gasteiger partial charge in [-0.25, -0.2) is 0 Å². The van der Waals surface area contributed by atoms with Gasteiger partial charge in [0, 0.05) is 11.6 Å². The minimum atomic E-state index is -0.716. The van der Waals surface area contributed by atoms with Crippen LogP contribution < -0.4 is 25.6 Å². The lowest BCUT2D eigenvalue weighted by molar-refractivity contribution is -0.384. The second kappa shape index (κ2) is 10.2. The summed E-state index contributed by atoms with van der Waals surface area (Å²) in [4.78, 5) is 34.1. The number of halogens is 1. The second-order valence-corrected chi connectivity index (χ2v) is 6.13. The highest BCUT2D eigenvalue weighted by Crippen LogP contribution is 2.26. The fraction of sp³-hybridized carbons (Fsp3) is 0.118. The van der Waals surface area contributed by atoms with Gasteiger partial charge in [0.25, 0.3) is 17.5 Å². The predicted octanol–water partition coefficient (Wildman–Crippen LogP) is 1.97. The number of carbonyl (C=O) groups is 2. The van der Waals surface area contributed by atoms with Crippen LogP contribution in [0.1, 0.15) is 10.4 Å². The molecule has 0 fully saturated rings. The van der Waals surface area contributed by atoms with Crippen molar-refractivity contribution in [2.75, 3.05) is 13.7 Å². The largest absolute Gasteiger partial charge is 0.493 e. The Morgan fingerprint density at radius 1 is 1.17 bits per heavy atom. The Hall–Kier alpha value is -3.44. The average molecular weight is 439 g/mol. The van der Waals surface area contributed by atoms with E-state index in [1.165, 1.54) is 19.2 Å². The highest BCUT2D eigenvalue weighted by Gasteiger charge is 2.16. The van der Waals surface area contributed by atoms with Crippen molar-refractivity contribution in [2.45, 2.75) is 0 Å². The van der Waals surface area contributed by atoms with E-state index in [2.05, 4.69) is 16.2 Å². The number of hydrogen-bond acceptors (Lipinski definition) is 7. The number of benzene rings is 2. The zero-order chi connectivity index (χ0) is 21.4. The van der Waals surface area contributed by atoms with Crippen LogP contribution in [0.5, 0.6) is 11.5 Å². The van der Waals surface area contributed by atoms with Crippen LogP contribution in [-0.4, -0.2) is 35.6 Å². The average Bonchev–Trinajstić information content (AvgIpc) is 2.70. The van der Waals surface area contributed by atoms with Gasteiger partial charge < -0.3 is 9.47 Å². The Balaban J connectivity index is 1.83. The van der Waals surface area contributed by atoms with Crippen molar-refractivity contribution < 1.29 is 24.0 Å². The van der Waals surface area contributed by atoms with Crippen molar-refractivity contribution in [1.29, 1.82) is 0 Å². The molecular weight excluding hydrogens is 424 g/mol.